The summed E-state index contributed by atoms with van der Waals surface area (Å²) in [5.74, 6) is 2.70. The van der Waals surface area contributed by atoms with Gasteiger partial charge in [0.05, 0.1) is 14.8 Å². The molecule has 2 aliphatic heterocycles. The fraction of sp³-hybridized carbons (Fsp3) is 0.643. The van der Waals surface area contributed by atoms with Gasteiger partial charge in [-0.3, -0.25) is 4.79 Å². The van der Waals surface area contributed by atoms with Crippen LogP contribution < -0.4 is 0 Å². The lowest BCUT2D eigenvalue weighted by Gasteiger charge is -2.42. The molecule has 3 heterocycles. The van der Waals surface area contributed by atoms with Gasteiger partial charge in [0.25, 0.3) is 0 Å². The summed E-state index contributed by atoms with van der Waals surface area (Å²) in [5, 5.41) is 0. The lowest BCUT2D eigenvalue weighted by Crippen LogP contribution is -2.44. The Hall–Kier alpha value is -0.0300. The highest BCUT2D eigenvalue weighted by Crippen LogP contribution is 2.41. The van der Waals surface area contributed by atoms with Crippen molar-refractivity contribution in [2.75, 3.05) is 18.1 Å². The molecule has 0 aliphatic carbocycles. The van der Waals surface area contributed by atoms with Gasteiger partial charge in [0.1, 0.15) is 0 Å². The molecule has 19 heavy (non-hydrogen) atoms. The van der Waals surface area contributed by atoms with Gasteiger partial charge in [0.2, 0.25) is 0 Å². The standard InChI is InChI=1S/C14H17ClO2S2/c15-12-2-1-11(19-12)13(16)10-3-6-17-14(9-10)4-7-18-8-5-14/h1-2,10H,3-9H2. The van der Waals surface area contributed by atoms with Crippen molar-refractivity contribution in [2.45, 2.75) is 31.3 Å². The average Bonchev–Trinajstić information content (AvgIpc) is 2.85. The van der Waals surface area contributed by atoms with E-state index < -0.39 is 0 Å². The van der Waals surface area contributed by atoms with E-state index in [-0.39, 0.29) is 17.3 Å². The number of Topliss-reactive ketones (excluding diaryl/α,β-unsaturated/α-hetero) is 1. The lowest BCUT2D eigenvalue weighted by atomic mass is 9.80. The van der Waals surface area contributed by atoms with Gasteiger partial charge in [-0.25, -0.2) is 0 Å². The molecule has 0 N–H and O–H groups in total. The van der Waals surface area contributed by atoms with E-state index in [0.29, 0.717) is 4.34 Å². The van der Waals surface area contributed by atoms with Gasteiger partial charge >= 0.3 is 0 Å². The molecule has 1 atom stereocenters. The van der Waals surface area contributed by atoms with Crippen LogP contribution in [0.5, 0.6) is 0 Å². The third kappa shape index (κ3) is 3.02. The van der Waals surface area contributed by atoms with Crippen LogP contribution in [0.4, 0.5) is 0 Å². The van der Waals surface area contributed by atoms with Crippen molar-refractivity contribution < 1.29 is 9.53 Å². The SMILES string of the molecule is O=C(c1ccc(Cl)s1)C1CCOC2(CCSCC2)C1. The van der Waals surface area contributed by atoms with Crippen LogP contribution in [0.3, 0.4) is 0 Å². The van der Waals surface area contributed by atoms with Crippen molar-refractivity contribution in [1.82, 2.24) is 0 Å². The Bertz CT molecular complexity index is 460. The van der Waals surface area contributed by atoms with Gasteiger partial charge in [0.15, 0.2) is 5.78 Å². The van der Waals surface area contributed by atoms with E-state index in [1.807, 2.05) is 23.9 Å². The summed E-state index contributed by atoms with van der Waals surface area (Å²) in [7, 11) is 0. The Labute approximate surface area is 126 Å². The third-order valence-corrected chi connectivity index (χ3v) is 6.32. The molecule has 0 bridgehead atoms. The molecule has 5 heteroatoms. The van der Waals surface area contributed by atoms with Crippen LogP contribution in [-0.2, 0) is 4.74 Å². The van der Waals surface area contributed by atoms with Crippen molar-refractivity contribution in [1.29, 1.82) is 0 Å². The first kappa shape index (κ1) is 13.9. The van der Waals surface area contributed by atoms with Gasteiger partial charge in [-0.2, -0.15) is 11.8 Å². The molecule has 2 fully saturated rings. The van der Waals surface area contributed by atoms with E-state index in [0.717, 1.165) is 48.7 Å². The van der Waals surface area contributed by atoms with Gasteiger partial charge in [-0.15, -0.1) is 11.3 Å². The fourth-order valence-corrected chi connectivity index (χ4v) is 5.29. The summed E-state index contributed by atoms with van der Waals surface area (Å²) in [6, 6.07) is 3.67. The molecule has 2 nitrogen and oxygen atoms in total. The zero-order valence-electron chi connectivity index (χ0n) is 10.7. The van der Waals surface area contributed by atoms with E-state index in [1.165, 1.54) is 11.3 Å². The van der Waals surface area contributed by atoms with Gasteiger partial charge in [-0.05, 0) is 49.3 Å². The second kappa shape index (κ2) is 5.76. The topological polar surface area (TPSA) is 26.3 Å². The first-order chi connectivity index (χ1) is 9.19. The number of hydrogen-bond donors (Lipinski definition) is 0. The Kier molecular flexibility index (Phi) is 4.22. The minimum atomic E-state index is -0.0229. The number of ketones is 1. The summed E-state index contributed by atoms with van der Waals surface area (Å²) in [5.41, 5.74) is -0.0229. The van der Waals surface area contributed by atoms with Crippen molar-refractivity contribution in [3.05, 3.63) is 21.3 Å². The summed E-state index contributed by atoms with van der Waals surface area (Å²) >= 11 is 9.31. The highest BCUT2D eigenvalue weighted by Gasteiger charge is 2.41. The number of rotatable bonds is 2. The van der Waals surface area contributed by atoms with E-state index in [9.17, 15) is 4.79 Å². The van der Waals surface area contributed by atoms with Crippen LogP contribution in [0.2, 0.25) is 4.34 Å². The van der Waals surface area contributed by atoms with Crippen LogP contribution in [0.25, 0.3) is 0 Å². The Morgan fingerprint density at radius 1 is 1.37 bits per heavy atom. The normalized spacial score (nSPS) is 26.5. The summed E-state index contributed by atoms with van der Waals surface area (Å²) < 4.78 is 6.73. The molecule has 2 aliphatic rings. The zero-order valence-corrected chi connectivity index (χ0v) is 13.1. The van der Waals surface area contributed by atoms with Gasteiger partial charge in [0, 0.05) is 12.5 Å². The monoisotopic (exact) mass is 316 g/mol. The molecule has 1 aromatic heterocycles. The fourth-order valence-electron chi connectivity index (χ4n) is 2.99. The molecule has 3 rings (SSSR count). The van der Waals surface area contributed by atoms with Crippen LogP contribution in [-0.4, -0.2) is 29.5 Å². The predicted molar refractivity (Wildman–Crippen MR) is 81.6 cm³/mol. The Morgan fingerprint density at radius 3 is 2.84 bits per heavy atom. The molecule has 0 radical (unpaired) electrons. The first-order valence-corrected chi connectivity index (χ1v) is 9.05. The second-order valence-corrected chi connectivity index (χ2v) is 8.24. The highest BCUT2D eigenvalue weighted by molar-refractivity contribution is 7.99. The Morgan fingerprint density at radius 2 is 2.16 bits per heavy atom. The summed E-state index contributed by atoms with van der Waals surface area (Å²) in [4.78, 5) is 13.3. The molecule has 0 amide bonds. The zero-order chi connectivity index (χ0) is 13.3. The quantitative estimate of drug-likeness (QED) is 0.762. The highest BCUT2D eigenvalue weighted by atomic mass is 35.5. The number of carbonyl (C=O) groups is 1. The number of hydrogen-bond acceptors (Lipinski definition) is 4. The maximum Gasteiger partial charge on any atom is 0.176 e. The first-order valence-electron chi connectivity index (χ1n) is 6.70. The van der Waals surface area contributed by atoms with Crippen LogP contribution in [0.1, 0.15) is 35.4 Å². The van der Waals surface area contributed by atoms with Crippen molar-refractivity contribution >= 4 is 40.5 Å². The van der Waals surface area contributed by atoms with Crippen LogP contribution in [0.15, 0.2) is 12.1 Å². The van der Waals surface area contributed by atoms with Gasteiger partial charge in [-0.1, -0.05) is 11.6 Å². The molecule has 1 spiro atoms. The summed E-state index contributed by atoms with van der Waals surface area (Å²) in [6.45, 7) is 0.722. The molecule has 2 saturated heterocycles. The van der Waals surface area contributed by atoms with Crippen LogP contribution in [0, 0.1) is 5.92 Å². The van der Waals surface area contributed by atoms with Crippen LogP contribution >= 0.6 is 34.7 Å². The minimum absolute atomic E-state index is 0.0229. The third-order valence-electron chi connectivity index (χ3n) is 4.08. The van der Waals surface area contributed by atoms with Gasteiger partial charge < -0.3 is 4.74 Å². The molecule has 1 unspecified atom stereocenters. The molecule has 0 saturated carbocycles. The van der Waals surface area contributed by atoms with E-state index in [4.69, 9.17) is 16.3 Å². The molecular formula is C14H17ClO2S2. The second-order valence-electron chi connectivity index (χ2n) is 5.30. The maximum atomic E-state index is 12.5. The lowest BCUT2D eigenvalue weighted by molar-refractivity contribution is -0.0959. The van der Waals surface area contributed by atoms with E-state index in [1.54, 1.807) is 0 Å². The largest absolute Gasteiger partial charge is 0.375 e. The van der Waals surface area contributed by atoms with Crippen molar-refractivity contribution in [3.63, 3.8) is 0 Å². The minimum Gasteiger partial charge on any atom is -0.375 e. The number of thioether (sulfide) groups is 1. The predicted octanol–water partition coefficient (Wildman–Crippen LogP) is 4.28. The molecule has 0 aromatic carbocycles. The number of carbonyl (C=O) groups excluding carboxylic acids is 1. The van der Waals surface area contributed by atoms with E-state index in [2.05, 4.69) is 0 Å². The number of ether oxygens (including phenoxy) is 1. The molecular weight excluding hydrogens is 300 g/mol. The smallest absolute Gasteiger partial charge is 0.176 e. The van der Waals surface area contributed by atoms with Crippen molar-refractivity contribution in [3.8, 4) is 0 Å². The molecule has 104 valence electrons. The average molecular weight is 317 g/mol. The Balaban J connectivity index is 1.72. The number of halogens is 1. The summed E-state index contributed by atoms with van der Waals surface area (Å²) in [6.07, 6.45) is 3.92. The number of thiophene rings is 1. The van der Waals surface area contributed by atoms with E-state index >= 15 is 0 Å². The van der Waals surface area contributed by atoms with Crippen molar-refractivity contribution in [2.24, 2.45) is 5.92 Å². The maximum absolute atomic E-state index is 12.5. The molecule has 1 aromatic rings.